The number of aliphatic hydroxyl groups excluding tert-OH is 3. The number of hydrogen-bond acceptors (Lipinski definition) is 14. The van der Waals surface area contributed by atoms with Gasteiger partial charge in [-0.1, -0.05) is 87.5 Å². The first kappa shape index (κ1) is 44.6. The summed E-state index contributed by atoms with van der Waals surface area (Å²) in [7, 11) is 0. The van der Waals surface area contributed by atoms with E-state index in [-0.39, 0.29) is 35.3 Å². The van der Waals surface area contributed by atoms with Crippen LogP contribution in [0.3, 0.4) is 0 Å². The van der Waals surface area contributed by atoms with Gasteiger partial charge >= 0.3 is 23.9 Å². The molecule has 1 aliphatic heterocycles. The molecule has 62 heavy (non-hydrogen) atoms. The number of ether oxygens (including phenoxy) is 5. The minimum Gasteiger partial charge on any atom is -0.456 e. The van der Waals surface area contributed by atoms with Crippen LogP contribution in [0.2, 0.25) is 0 Å². The van der Waals surface area contributed by atoms with E-state index in [0.29, 0.717) is 5.56 Å². The van der Waals surface area contributed by atoms with Crippen LogP contribution in [0.1, 0.15) is 86.7 Å². The van der Waals surface area contributed by atoms with Gasteiger partial charge < -0.3 is 49.4 Å². The van der Waals surface area contributed by atoms with Crippen molar-refractivity contribution in [3.63, 3.8) is 0 Å². The van der Waals surface area contributed by atoms with E-state index in [4.69, 9.17) is 23.7 Å². The average molecular weight is 856 g/mol. The number of esters is 4. The zero-order valence-electron chi connectivity index (χ0n) is 35.3. The van der Waals surface area contributed by atoms with E-state index in [1.54, 1.807) is 99.6 Å². The number of carbonyl (C=O) groups excluding carboxylic acids is 5. The molecule has 1 heterocycles. The van der Waals surface area contributed by atoms with Crippen molar-refractivity contribution >= 4 is 29.8 Å². The molecule has 1 saturated heterocycles. The molecule has 2 saturated carbocycles. The predicted octanol–water partition coefficient (Wildman–Crippen LogP) is 3.53. The molecule has 3 aliphatic carbocycles. The lowest BCUT2D eigenvalue weighted by molar-refractivity contribution is -0.365. The Labute approximate surface area is 359 Å². The van der Waals surface area contributed by atoms with E-state index in [2.05, 4.69) is 5.32 Å². The van der Waals surface area contributed by atoms with Crippen molar-refractivity contribution < 1.29 is 68.1 Å². The monoisotopic (exact) mass is 855 g/mol. The summed E-state index contributed by atoms with van der Waals surface area (Å²) in [4.78, 5) is 68.1. The van der Waals surface area contributed by atoms with Gasteiger partial charge in [-0.2, -0.15) is 0 Å². The van der Waals surface area contributed by atoms with Crippen molar-refractivity contribution in [1.82, 2.24) is 5.32 Å². The zero-order chi connectivity index (χ0) is 44.9. The van der Waals surface area contributed by atoms with E-state index in [0.717, 1.165) is 6.92 Å². The predicted molar refractivity (Wildman–Crippen MR) is 219 cm³/mol. The second-order valence-electron chi connectivity index (χ2n) is 17.6. The van der Waals surface area contributed by atoms with Crippen molar-refractivity contribution in [1.29, 1.82) is 0 Å². The lowest BCUT2D eigenvalue weighted by Gasteiger charge is -2.69. The minimum absolute atomic E-state index is 0.0914. The molecule has 12 atom stereocenters. The van der Waals surface area contributed by atoms with Gasteiger partial charge in [-0.3, -0.25) is 14.4 Å². The standard InChI is InChI=1S/C47H53NO14/c1-25-31(60-43(56)36(52)35(28-16-10-7-11-17-28)48-41(54)29-18-12-8-13-19-29)23-47(57)40(61-42(55)30-20-14-9-15-21-30)38-45(6,32(51)22-33-46(38,24-58-33)62-27(3)50)39(53)37(59-26(2)49)34(25)44(47,4)5/h7-21,31-33,35-40,51-53,57H,22-24H2,1-6H3,(H,48,54)/t31-,32-,33+,35-,36+,37+,38-,39-,40-,45+,46-,47+/m0/s1. The van der Waals surface area contributed by atoms with Crippen LogP contribution in [0.4, 0.5) is 0 Å². The van der Waals surface area contributed by atoms with Crippen LogP contribution in [0, 0.1) is 16.7 Å². The van der Waals surface area contributed by atoms with Crippen molar-refractivity contribution in [3.8, 4) is 0 Å². The highest BCUT2D eigenvalue weighted by Crippen LogP contribution is 2.65. The Bertz CT molecular complexity index is 2230. The Balaban J connectivity index is 1.38. The Morgan fingerprint density at radius 2 is 1.39 bits per heavy atom. The summed E-state index contributed by atoms with van der Waals surface area (Å²) in [5.74, 6) is -5.73. The van der Waals surface area contributed by atoms with E-state index in [9.17, 15) is 44.4 Å². The highest BCUT2D eigenvalue weighted by Gasteiger charge is 2.78. The number of carbonyl (C=O) groups is 5. The molecule has 0 radical (unpaired) electrons. The zero-order valence-corrected chi connectivity index (χ0v) is 35.3. The van der Waals surface area contributed by atoms with Gasteiger partial charge in [0.2, 0.25) is 0 Å². The van der Waals surface area contributed by atoms with Crippen LogP contribution < -0.4 is 5.32 Å². The van der Waals surface area contributed by atoms with Crippen LogP contribution in [0.25, 0.3) is 0 Å². The summed E-state index contributed by atoms with van der Waals surface area (Å²) >= 11 is 0. The summed E-state index contributed by atoms with van der Waals surface area (Å²) in [5.41, 5.74) is -6.46. The number of benzene rings is 3. The van der Waals surface area contributed by atoms with Gasteiger partial charge in [-0.05, 0) is 47.9 Å². The third-order valence-corrected chi connectivity index (χ3v) is 13.7. The van der Waals surface area contributed by atoms with Gasteiger partial charge in [0.25, 0.3) is 5.91 Å². The smallest absolute Gasteiger partial charge is 0.338 e. The van der Waals surface area contributed by atoms with Gasteiger partial charge in [-0.15, -0.1) is 0 Å². The van der Waals surface area contributed by atoms with Crippen LogP contribution in [-0.4, -0.2) is 111 Å². The number of rotatable bonds is 10. The maximum Gasteiger partial charge on any atom is 0.338 e. The molecular weight excluding hydrogens is 803 g/mol. The molecule has 7 rings (SSSR count). The van der Waals surface area contributed by atoms with E-state index >= 15 is 0 Å². The van der Waals surface area contributed by atoms with Gasteiger partial charge in [0, 0.05) is 43.1 Å². The molecule has 15 nitrogen and oxygen atoms in total. The number of nitrogens with one attached hydrogen (secondary N) is 1. The quantitative estimate of drug-likeness (QED) is 0.112. The number of hydrogen-bond donors (Lipinski definition) is 5. The molecule has 2 bridgehead atoms. The molecule has 330 valence electrons. The van der Waals surface area contributed by atoms with Crippen LogP contribution in [0.15, 0.2) is 102 Å². The molecule has 1 amide bonds. The maximum atomic E-state index is 14.3. The molecule has 3 aromatic rings. The summed E-state index contributed by atoms with van der Waals surface area (Å²) < 4.78 is 30.5. The molecule has 3 fully saturated rings. The minimum atomic E-state index is -2.35. The van der Waals surface area contributed by atoms with Crippen molar-refractivity contribution in [2.45, 2.75) is 114 Å². The largest absolute Gasteiger partial charge is 0.456 e. The molecule has 15 heteroatoms. The Hall–Kier alpha value is -5.45. The number of fused-ring (bicyclic) bond motifs is 5. The molecule has 5 N–H and O–H groups in total. The first-order chi connectivity index (χ1) is 29.3. The molecule has 0 aromatic heterocycles. The highest BCUT2D eigenvalue weighted by molar-refractivity contribution is 5.95. The van der Waals surface area contributed by atoms with Crippen molar-refractivity contribution in [2.75, 3.05) is 6.61 Å². The van der Waals surface area contributed by atoms with Crippen molar-refractivity contribution in [2.24, 2.45) is 16.7 Å². The summed E-state index contributed by atoms with van der Waals surface area (Å²) in [6, 6.07) is 23.1. The second kappa shape index (κ2) is 16.7. The fourth-order valence-electron chi connectivity index (χ4n) is 10.4. The van der Waals surface area contributed by atoms with Crippen LogP contribution >= 0.6 is 0 Å². The van der Waals surface area contributed by atoms with Gasteiger partial charge in [-0.25, -0.2) is 9.59 Å². The Morgan fingerprint density at radius 1 is 0.806 bits per heavy atom. The number of aliphatic hydroxyl groups is 4. The molecule has 0 spiro atoms. The van der Waals surface area contributed by atoms with E-state index in [1.807, 2.05) is 0 Å². The first-order valence-corrected chi connectivity index (χ1v) is 20.6. The highest BCUT2D eigenvalue weighted by atomic mass is 16.6. The third-order valence-electron chi connectivity index (χ3n) is 13.7. The number of amides is 1. The lowest BCUT2D eigenvalue weighted by atomic mass is 9.44. The van der Waals surface area contributed by atoms with Gasteiger partial charge in [0.15, 0.2) is 17.8 Å². The molecular formula is C47H53NO14. The molecule has 4 aliphatic rings. The molecule has 0 unspecified atom stereocenters. The summed E-state index contributed by atoms with van der Waals surface area (Å²) in [6.45, 7) is 8.30. The lowest BCUT2D eigenvalue weighted by Crippen LogP contribution is -2.82. The van der Waals surface area contributed by atoms with Gasteiger partial charge in [0.05, 0.1) is 30.2 Å². The van der Waals surface area contributed by atoms with Crippen LogP contribution in [-0.2, 0) is 38.1 Å². The maximum absolute atomic E-state index is 14.3. The third kappa shape index (κ3) is 7.38. The fourth-order valence-corrected chi connectivity index (χ4v) is 10.4. The fraction of sp³-hybridized carbons (Fsp3) is 0.468. The van der Waals surface area contributed by atoms with E-state index < -0.39 is 113 Å². The van der Waals surface area contributed by atoms with Crippen molar-refractivity contribution in [3.05, 3.63) is 119 Å². The Morgan fingerprint density at radius 3 is 1.94 bits per heavy atom. The summed E-state index contributed by atoms with van der Waals surface area (Å²) in [6.07, 6.45) is -11.8. The first-order valence-electron chi connectivity index (χ1n) is 20.6. The topological polar surface area (TPSA) is 224 Å². The summed E-state index contributed by atoms with van der Waals surface area (Å²) in [5, 5.41) is 53.2. The average Bonchev–Trinajstić information content (AvgIpc) is 3.24. The van der Waals surface area contributed by atoms with E-state index in [1.165, 1.54) is 26.0 Å². The van der Waals surface area contributed by atoms with Gasteiger partial charge in [0.1, 0.15) is 30.0 Å². The molecule has 3 aromatic carbocycles. The van der Waals surface area contributed by atoms with Crippen LogP contribution in [0.5, 0.6) is 0 Å². The SMILES string of the molecule is CC(=O)O[C@@H]1C2=C(C)[C@@H](OC(=O)[C@H](O)[C@@H](NC(=O)c3ccccc3)c3ccccc3)C[C@@](O)([C@@H](OC(=O)c3ccccc3)[C@@H]3[C@]4(OC(C)=O)CO[C@@H]4C[C@H](O)[C@@]3(C)[C@H]1O)C2(C)C. The Kier molecular flexibility index (Phi) is 12.0. The normalized spacial score (nSPS) is 33.0. The second-order valence-corrected chi connectivity index (χ2v) is 17.6.